The van der Waals surface area contributed by atoms with Gasteiger partial charge in [0.2, 0.25) is 11.0 Å². The van der Waals surface area contributed by atoms with Gasteiger partial charge in [-0.3, -0.25) is 14.4 Å². The molecule has 0 aromatic rings. The lowest BCUT2D eigenvalue weighted by Crippen LogP contribution is -2.52. The third-order valence-corrected chi connectivity index (χ3v) is 5.73. The molecule has 0 spiro atoms. The van der Waals surface area contributed by atoms with Crippen molar-refractivity contribution in [1.29, 1.82) is 0 Å². The van der Waals surface area contributed by atoms with Gasteiger partial charge in [0, 0.05) is 12.6 Å². The van der Waals surface area contributed by atoms with Crippen LogP contribution in [-0.4, -0.2) is 54.4 Å². The Hall–Kier alpha value is -1.87. The quantitative estimate of drug-likeness (QED) is 0.766. The van der Waals surface area contributed by atoms with Gasteiger partial charge < -0.3 is 5.32 Å². The summed E-state index contributed by atoms with van der Waals surface area (Å²) in [5.74, 6) is -1.86. The first-order valence-corrected chi connectivity index (χ1v) is 9.74. The highest BCUT2D eigenvalue weighted by Gasteiger charge is 2.43. The van der Waals surface area contributed by atoms with Gasteiger partial charge in [-0.05, 0) is 25.8 Å². The van der Waals surface area contributed by atoms with Crippen LogP contribution in [0.2, 0.25) is 0 Å². The Kier molecular flexibility index (Phi) is 6.60. The minimum atomic E-state index is -4.50. The first-order valence-electron chi connectivity index (χ1n) is 8.30. The summed E-state index contributed by atoms with van der Waals surface area (Å²) >= 11 is 0. The fourth-order valence-electron chi connectivity index (χ4n) is 2.70. The summed E-state index contributed by atoms with van der Waals surface area (Å²) in [5.41, 5.74) is 0. The molecule has 0 aromatic heterocycles. The number of carbonyl (C=O) groups is 3. The van der Waals surface area contributed by atoms with E-state index in [2.05, 4.69) is 10.3 Å². The van der Waals surface area contributed by atoms with Crippen LogP contribution in [0.3, 0.4) is 0 Å². The van der Waals surface area contributed by atoms with E-state index in [0.717, 1.165) is 0 Å². The van der Waals surface area contributed by atoms with Crippen LogP contribution in [-0.2, 0) is 24.4 Å². The van der Waals surface area contributed by atoms with Crippen LogP contribution < -0.4 is 5.32 Å². The number of hydrogen-bond donors (Lipinski definition) is 1. The van der Waals surface area contributed by atoms with E-state index >= 15 is 0 Å². The minimum absolute atomic E-state index is 0.0158. The average Bonchev–Trinajstić information content (AvgIpc) is 2.78. The molecule has 2 aliphatic rings. The molecule has 0 saturated carbocycles. The second kappa shape index (κ2) is 8.48. The lowest BCUT2D eigenvalue weighted by molar-refractivity contribution is -0.131. The van der Waals surface area contributed by atoms with Crippen molar-refractivity contribution < 1.29 is 22.8 Å². The molecule has 1 saturated heterocycles. The van der Waals surface area contributed by atoms with E-state index in [4.69, 9.17) is 0 Å². The predicted octanol–water partition coefficient (Wildman–Crippen LogP) is 0.355. The molecule has 1 amide bonds. The number of ketones is 2. The standard InChI is InChI=1S/C16H22N3O5S/c1-2-3-8-15(22)19(12-6-4-9-17-11-14(12)21)25(23,24)16-13(20)7-5-10-18-16/h5,8,10,12,17H,2-4,6-7,9,11H2,1H3. The van der Waals surface area contributed by atoms with Gasteiger partial charge >= 0.3 is 0 Å². The molecule has 1 radical (unpaired) electrons. The molecule has 137 valence electrons. The van der Waals surface area contributed by atoms with Crippen LogP contribution in [0.15, 0.2) is 17.3 Å². The summed E-state index contributed by atoms with van der Waals surface area (Å²) in [4.78, 5) is 40.6. The fraction of sp³-hybridized carbons (Fsp3) is 0.562. The number of carbonyl (C=O) groups excluding carboxylic acids is 3. The van der Waals surface area contributed by atoms with Gasteiger partial charge in [-0.2, -0.15) is 8.42 Å². The lowest BCUT2D eigenvalue weighted by atomic mass is 10.1. The van der Waals surface area contributed by atoms with E-state index in [1.165, 1.54) is 18.7 Å². The molecule has 9 heteroatoms. The summed E-state index contributed by atoms with van der Waals surface area (Å²) in [6, 6.07) is -1.12. The molecule has 0 aromatic carbocycles. The molecule has 1 unspecified atom stereocenters. The number of nitrogens with zero attached hydrogens (tertiary/aromatic N) is 2. The van der Waals surface area contributed by atoms with E-state index in [9.17, 15) is 22.8 Å². The van der Waals surface area contributed by atoms with Crippen LogP contribution >= 0.6 is 0 Å². The van der Waals surface area contributed by atoms with Gasteiger partial charge in [0.15, 0.2) is 11.6 Å². The Bertz CT molecular complexity index is 711. The number of amides is 1. The van der Waals surface area contributed by atoms with Crippen LogP contribution in [0.4, 0.5) is 0 Å². The molecular weight excluding hydrogens is 346 g/mol. The van der Waals surface area contributed by atoms with Crippen molar-refractivity contribution in [3.05, 3.63) is 18.7 Å². The molecule has 1 N–H and O–H groups in total. The average molecular weight is 368 g/mol. The summed E-state index contributed by atoms with van der Waals surface area (Å²) in [6.07, 6.45) is 5.61. The number of unbranched alkanes of at least 4 members (excludes halogenated alkanes) is 1. The van der Waals surface area contributed by atoms with E-state index in [0.29, 0.717) is 30.1 Å². The highest BCUT2D eigenvalue weighted by atomic mass is 32.2. The number of Topliss-reactive ketones (excluding diaryl/α,β-unsaturated/α-hetero) is 2. The maximum atomic E-state index is 13.0. The van der Waals surface area contributed by atoms with Crippen molar-refractivity contribution >= 4 is 32.5 Å². The van der Waals surface area contributed by atoms with Crippen molar-refractivity contribution in [1.82, 2.24) is 9.62 Å². The fourth-order valence-corrected chi connectivity index (χ4v) is 4.32. The highest BCUT2D eigenvalue weighted by Crippen LogP contribution is 2.21. The van der Waals surface area contributed by atoms with E-state index < -0.39 is 38.6 Å². The molecule has 8 nitrogen and oxygen atoms in total. The number of hydrogen-bond acceptors (Lipinski definition) is 7. The lowest BCUT2D eigenvalue weighted by Gasteiger charge is -2.29. The maximum Gasteiger partial charge on any atom is 0.288 e. The second-order valence-electron chi connectivity index (χ2n) is 5.88. The maximum absolute atomic E-state index is 13.0. The van der Waals surface area contributed by atoms with Gasteiger partial charge in [0.05, 0.1) is 13.0 Å². The zero-order valence-electron chi connectivity index (χ0n) is 14.1. The van der Waals surface area contributed by atoms with Gasteiger partial charge in [-0.25, -0.2) is 9.30 Å². The largest absolute Gasteiger partial charge is 0.310 e. The van der Waals surface area contributed by atoms with E-state index in [1.54, 1.807) is 0 Å². The van der Waals surface area contributed by atoms with E-state index in [1.807, 2.05) is 6.92 Å². The molecular formula is C16H22N3O5S. The Morgan fingerprint density at radius 3 is 2.88 bits per heavy atom. The monoisotopic (exact) mass is 368 g/mol. The molecule has 25 heavy (non-hydrogen) atoms. The smallest absolute Gasteiger partial charge is 0.288 e. The minimum Gasteiger partial charge on any atom is -0.310 e. The van der Waals surface area contributed by atoms with Crippen molar-refractivity contribution in [2.24, 2.45) is 4.99 Å². The van der Waals surface area contributed by atoms with E-state index in [-0.39, 0.29) is 19.4 Å². The first kappa shape index (κ1) is 19.5. The third kappa shape index (κ3) is 4.40. The summed E-state index contributed by atoms with van der Waals surface area (Å²) < 4.78 is 26.5. The van der Waals surface area contributed by atoms with Crippen LogP contribution in [0.5, 0.6) is 0 Å². The highest BCUT2D eigenvalue weighted by molar-refractivity contribution is 8.06. The van der Waals surface area contributed by atoms with Crippen molar-refractivity contribution in [2.45, 2.75) is 45.1 Å². The summed E-state index contributed by atoms with van der Waals surface area (Å²) in [5, 5.41) is 2.22. The number of allylic oxidation sites excluding steroid dienone is 1. The van der Waals surface area contributed by atoms with Crippen molar-refractivity contribution in [2.75, 3.05) is 13.1 Å². The Morgan fingerprint density at radius 2 is 2.20 bits per heavy atom. The zero-order chi connectivity index (χ0) is 18.4. The van der Waals surface area contributed by atoms with Crippen LogP contribution in [0, 0.1) is 6.42 Å². The Balaban J connectivity index is 2.44. The van der Waals surface area contributed by atoms with Gasteiger partial charge in [-0.15, -0.1) is 0 Å². The third-order valence-electron chi connectivity index (χ3n) is 3.95. The molecule has 2 aliphatic heterocycles. The number of nitrogens with one attached hydrogen (secondary N) is 1. The molecule has 2 rings (SSSR count). The van der Waals surface area contributed by atoms with Gasteiger partial charge in [0.25, 0.3) is 10.0 Å². The predicted molar refractivity (Wildman–Crippen MR) is 92.1 cm³/mol. The topological polar surface area (TPSA) is 113 Å². The summed E-state index contributed by atoms with van der Waals surface area (Å²) in [6.45, 7) is 2.40. The molecule has 1 fully saturated rings. The Morgan fingerprint density at radius 1 is 1.44 bits per heavy atom. The SMILES string of the molecule is CCC[CH]C(=O)N(C1CCCNCC1=O)S(=O)(=O)C1=NC=CCC1=O. The zero-order valence-corrected chi connectivity index (χ0v) is 14.9. The second-order valence-corrected chi connectivity index (χ2v) is 7.61. The molecule has 0 bridgehead atoms. The van der Waals surface area contributed by atoms with Gasteiger partial charge in [-0.1, -0.05) is 19.4 Å². The van der Waals surface area contributed by atoms with Crippen LogP contribution in [0.1, 0.15) is 39.0 Å². The van der Waals surface area contributed by atoms with Crippen molar-refractivity contribution in [3.63, 3.8) is 0 Å². The number of aliphatic imine (C=N–C) groups is 1. The molecule has 1 atom stereocenters. The van der Waals surface area contributed by atoms with Gasteiger partial charge in [0.1, 0.15) is 6.04 Å². The van der Waals surface area contributed by atoms with Crippen molar-refractivity contribution in [3.8, 4) is 0 Å². The molecule has 0 aliphatic carbocycles. The number of sulfonamides is 1. The first-order chi connectivity index (χ1) is 11.9. The Labute approximate surface area is 147 Å². The summed E-state index contributed by atoms with van der Waals surface area (Å²) in [7, 11) is -4.50. The molecule has 2 heterocycles. The normalized spacial score (nSPS) is 21.6. The number of rotatable bonds is 4. The van der Waals surface area contributed by atoms with Crippen LogP contribution in [0.25, 0.3) is 0 Å².